The fourth-order valence-electron chi connectivity index (χ4n) is 2.47. The zero-order valence-electron chi connectivity index (χ0n) is 10.7. The van der Waals surface area contributed by atoms with Crippen LogP contribution in [0.25, 0.3) is 10.9 Å². The fourth-order valence-corrected chi connectivity index (χ4v) is 2.47. The van der Waals surface area contributed by atoms with E-state index < -0.39 is 18.7 Å². The van der Waals surface area contributed by atoms with Gasteiger partial charge in [0.25, 0.3) is 0 Å². The lowest BCUT2D eigenvalue weighted by Crippen LogP contribution is -2.63. The van der Waals surface area contributed by atoms with Crippen molar-refractivity contribution in [2.75, 3.05) is 6.61 Å². The highest BCUT2D eigenvalue weighted by Gasteiger charge is 2.33. The smallest absolute Gasteiger partial charge is 0.245 e. The third-order valence-electron chi connectivity index (χ3n) is 3.55. The second-order valence-electron chi connectivity index (χ2n) is 4.87. The van der Waals surface area contributed by atoms with Gasteiger partial charge in [0.1, 0.15) is 12.1 Å². The van der Waals surface area contributed by atoms with Crippen LogP contribution in [0.3, 0.4) is 0 Å². The Kier molecular flexibility index (Phi) is 3.15. The summed E-state index contributed by atoms with van der Waals surface area (Å²) in [5.41, 5.74) is 1.97. The monoisotopic (exact) mass is 273 g/mol. The lowest BCUT2D eigenvalue weighted by Gasteiger charge is -2.28. The summed E-state index contributed by atoms with van der Waals surface area (Å²) in [4.78, 5) is 26.7. The average Bonchev–Trinajstić information content (AvgIpc) is 2.86. The van der Waals surface area contributed by atoms with Crippen molar-refractivity contribution in [1.29, 1.82) is 0 Å². The van der Waals surface area contributed by atoms with Crippen LogP contribution >= 0.6 is 0 Å². The van der Waals surface area contributed by atoms with Crippen LogP contribution in [0.1, 0.15) is 5.56 Å². The molecule has 1 saturated heterocycles. The van der Waals surface area contributed by atoms with Gasteiger partial charge in [0, 0.05) is 23.5 Å². The van der Waals surface area contributed by atoms with E-state index in [2.05, 4.69) is 15.6 Å². The number of nitrogens with one attached hydrogen (secondary N) is 3. The molecule has 0 aliphatic carbocycles. The number of amides is 2. The van der Waals surface area contributed by atoms with Crippen LogP contribution in [-0.4, -0.2) is 40.6 Å². The quantitative estimate of drug-likeness (QED) is 0.617. The minimum absolute atomic E-state index is 0.270. The van der Waals surface area contributed by atoms with Gasteiger partial charge in [0.15, 0.2) is 0 Å². The van der Waals surface area contributed by atoms with Crippen molar-refractivity contribution < 1.29 is 14.7 Å². The average molecular weight is 273 g/mol. The van der Waals surface area contributed by atoms with E-state index >= 15 is 0 Å². The molecule has 1 aromatic heterocycles. The highest BCUT2D eigenvalue weighted by atomic mass is 16.3. The van der Waals surface area contributed by atoms with E-state index in [1.54, 1.807) is 0 Å². The van der Waals surface area contributed by atoms with Crippen LogP contribution in [-0.2, 0) is 16.0 Å². The molecule has 6 heteroatoms. The molecule has 6 nitrogen and oxygen atoms in total. The molecule has 1 aromatic carbocycles. The molecule has 0 radical (unpaired) electrons. The Balaban J connectivity index is 1.81. The number of hydrogen-bond donors (Lipinski definition) is 4. The predicted molar refractivity (Wildman–Crippen MR) is 72.9 cm³/mol. The number of para-hydroxylation sites is 1. The van der Waals surface area contributed by atoms with Gasteiger partial charge >= 0.3 is 0 Å². The number of aliphatic hydroxyl groups excluding tert-OH is 1. The number of aliphatic hydroxyl groups is 1. The molecule has 0 spiro atoms. The molecule has 1 fully saturated rings. The second kappa shape index (κ2) is 4.97. The maximum atomic E-state index is 11.9. The van der Waals surface area contributed by atoms with Gasteiger partial charge in [-0.25, -0.2) is 0 Å². The number of piperazine rings is 1. The standard InChI is InChI=1S/C14H15N3O3/c18-7-12-14(20)16-11(13(19)17-12)5-8-6-15-10-4-2-1-3-9(8)10/h1-4,6,11-12,15,18H,5,7H2,(H,16,20)(H,17,19)/t11-,12?/m1/s1. The Morgan fingerprint density at radius 2 is 1.75 bits per heavy atom. The lowest BCUT2D eigenvalue weighted by molar-refractivity contribution is -0.137. The summed E-state index contributed by atoms with van der Waals surface area (Å²) in [7, 11) is 0. The van der Waals surface area contributed by atoms with E-state index in [4.69, 9.17) is 5.11 Å². The molecule has 2 atom stereocenters. The zero-order valence-corrected chi connectivity index (χ0v) is 10.7. The van der Waals surface area contributed by atoms with Crippen LogP contribution in [0.2, 0.25) is 0 Å². The summed E-state index contributed by atoms with van der Waals surface area (Å²) < 4.78 is 0. The molecule has 3 rings (SSSR count). The summed E-state index contributed by atoms with van der Waals surface area (Å²) in [6.07, 6.45) is 2.27. The predicted octanol–water partition coefficient (Wildman–Crippen LogP) is -0.314. The van der Waals surface area contributed by atoms with Crippen molar-refractivity contribution >= 4 is 22.7 Å². The fraction of sp³-hybridized carbons (Fsp3) is 0.286. The molecule has 1 unspecified atom stereocenters. The van der Waals surface area contributed by atoms with Gasteiger partial charge in [-0.2, -0.15) is 0 Å². The van der Waals surface area contributed by atoms with Gasteiger partial charge in [0.05, 0.1) is 6.61 Å². The first-order valence-electron chi connectivity index (χ1n) is 6.45. The van der Waals surface area contributed by atoms with E-state index in [-0.39, 0.29) is 11.8 Å². The van der Waals surface area contributed by atoms with Gasteiger partial charge in [-0.15, -0.1) is 0 Å². The highest BCUT2D eigenvalue weighted by Crippen LogP contribution is 2.19. The topological polar surface area (TPSA) is 94.2 Å². The number of H-pyrrole nitrogens is 1. The van der Waals surface area contributed by atoms with Crippen molar-refractivity contribution in [3.63, 3.8) is 0 Å². The SMILES string of the molecule is O=C1N[C@H](Cc2c[nH]c3ccccc23)C(=O)NC1CO. The Bertz CT molecular complexity index is 664. The van der Waals surface area contributed by atoms with E-state index in [9.17, 15) is 9.59 Å². The highest BCUT2D eigenvalue weighted by molar-refractivity contribution is 5.97. The van der Waals surface area contributed by atoms with Crippen LogP contribution in [0.4, 0.5) is 0 Å². The van der Waals surface area contributed by atoms with Gasteiger partial charge in [-0.1, -0.05) is 18.2 Å². The molecule has 2 amide bonds. The first kappa shape index (κ1) is 12.7. The number of fused-ring (bicyclic) bond motifs is 1. The number of aromatic nitrogens is 1. The zero-order chi connectivity index (χ0) is 14.1. The second-order valence-corrected chi connectivity index (χ2v) is 4.87. The molecule has 104 valence electrons. The number of hydrogen-bond acceptors (Lipinski definition) is 3. The molecule has 4 N–H and O–H groups in total. The van der Waals surface area contributed by atoms with Crippen LogP contribution < -0.4 is 10.6 Å². The van der Waals surface area contributed by atoms with Crippen molar-refractivity contribution in [2.45, 2.75) is 18.5 Å². The van der Waals surface area contributed by atoms with Gasteiger partial charge < -0.3 is 20.7 Å². The summed E-state index contributed by atoms with van der Waals surface area (Å²) >= 11 is 0. The van der Waals surface area contributed by atoms with Crippen molar-refractivity contribution in [1.82, 2.24) is 15.6 Å². The molecule has 0 bridgehead atoms. The Labute approximate surface area is 115 Å². The molecule has 2 heterocycles. The molecule has 1 aliphatic rings. The summed E-state index contributed by atoms with van der Waals surface area (Å²) in [5, 5.41) is 15.2. The maximum Gasteiger partial charge on any atom is 0.245 e. The van der Waals surface area contributed by atoms with E-state index in [1.165, 1.54) is 0 Å². The number of carbonyl (C=O) groups excluding carboxylic acids is 2. The van der Waals surface area contributed by atoms with Crippen LogP contribution in [0, 0.1) is 0 Å². The third kappa shape index (κ3) is 2.14. The number of rotatable bonds is 3. The first-order valence-corrected chi connectivity index (χ1v) is 6.45. The molecule has 20 heavy (non-hydrogen) atoms. The Morgan fingerprint density at radius 1 is 1.05 bits per heavy atom. The van der Waals surface area contributed by atoms with Gasteiger partial charge in [0.2, 0.25) is 11.8 Å². The Morgan fingerprint density at radius 3 is 2.55 bits per heavy atom. The molecular formula is C14H15N3O3. The lowest BCUT2D eigenvalue weighted by atomic mass is 10.0. The van der Waals surface area contributed by atoms with Crippen LogP contribution in [0.5, 0.6) is 0 Å². The van der Waals surface area contributed by atoms with Gasteiger partial charge in [-0.3, -0.25) is 9.59 Å². The molecule has 0 saturated carbocycles. The normalized spacial score (nSPS) is 22.6. The van der Waals surface area contributed by atoms with E-state index in [0.717, 1.165) is 16.5 Å². The molecule has 1 aliphatic heterocycles. The van der Waals surface area contributed by atoms with E-state index in [1.807, 2.05) is 30.5 Å². The maximum absolute atomic E-state index is 11.9. The van der Waals surface area contributed by atoms with Crippen molar-refractivity contribution in [3.05, 3.63) is 36.0 Å². The molecular weight excluding hydrogens is 258 g/mol. The first-order chi connectivity index (χ1) is 9.69. The van der Waals surface area contributed by atoms with Gasteiger partial charge in [-0.05, 0) is 11.6 Å². The molecule has 2 aromatic rings. The minimum Gasteiger partial charge on any atom is -0.394 e. The summed E-state index contributed by atoms with van der Waals surface area (Å²) in [6, 6.07) is 6.34. The third-order valence-corrected chi connectivity index (χ3v) is 3.55. The minimum atomic E-state index is -0.846. The Hall–Kier alpha value is -2.34. The van der Waals surface area contributed by atoms with Crippen molar-refractivity contribution in [2.24, 2.45) is 0 Å². The number of benzene rings is 1. The number of aromatic amines is 1. The van der Waals surface area contributed by atoms with Crippen molar-refractivity contribution in [3.8, 4) is 0 Å². The van der Waals surface area contributed by atoms with Crippen LogP contribution in [0.15, 0.2) is 30.5 Å². The largest absolute Gasteiger partial charge is 0.394 e. The summed E-state index contributed by atoms with van der Waals surface area (Å²) in [5.74, 6) is -0.620. The van der Waals surface area contributed by atoms with E-state index in [0.29, 0.717) is 6.42 Å². The number of carbonyl (C=O) groups is 2. The summed E-state index contributed by atoms with van der Waals surface area (Å²) in [6.45, 7) is -0.391.